The van der Waals surface area contributed by atoms with Crippen molar-refractivity contribution in [2.45, 2.75) is 69.7 Å². The van der Waals surface area contributed by atoms with E-state index < -0.39 is 0 Å². The molecule has 9 heteroatoms. The van der Waals surface area contributed by atoms with Crippen molar-refractivity contribution in [3.05, 3.63) is 89.4 Å². The number of nitrogens with zero attached hydrogens (tertiary/aromatic N) is 5. The van der Waals surface area contributed by atoms with Gasteiger partial charge in [-0.2, -0.15) is 5.10 Å². The van der Waals surface area contributed by atoms with Crippen LogP contribution in [0.4, 0.5) is 5.82 Å². The highest BCUT2D eigenvalue weighted by Crippen LogP contribution is 2.48. The Bertz CT molecular complexity index is 1740. The standard InChI is InChI=1S/C38H47N7O2/c1-38(2)20-34(45-16-14-43(3)15-17-45)30-13-12-27(19-32(30)38)26-10-8-25(9-11-26)24-47-35-7-5-6-33(35)42-37(46)31-18-28(21-40-36(31)39)29-22-41-44(4)23-29/h8-13,18-19,21-23,33-35H,5-7,14-17,20,24H2,1-4H3,(H2,39,40)(H,42,46)/t33-,34+,35-/m0/s1. The van der Waals surface area contributed by atoms with Gasteiger partial charge >= 0.3 is 0 Å². The maximum absolute atomic E-state index is 13.3. The van der Waals surface area contributed by atoms with Gasteiger partial charge in [-0.05, 0) is 72.0 Å². The molecule has 3 heterocycles. The summed E-state index contributed by atoms with van der Waals surface area (Å²) in [6.45, 7) is 9.87. The minimum atomic E-state index is -0.224. The number of aryl methyl sites for hydroxylation is 1. The Morgan fingerprint density at radius 1 is 0.957 bits per heavy atom. The number of pyridine rings is 1. The number of benzene rings is 2. The predicted molar refractivity (Wildman–Crippen MR) is 186 cm³/mol. The summed E-state index contributed by atoms with van der Waals surface area (Å²) >= 11 is 0. The van der Waals surface area contributed by atoms with Crippen LogP contribution in [0.2, 0.25) is 0 Å². The number of hydrogen-bond acceptors (Lipinski definition) is 7. The fourth-order valence-electron chi connectivity index (χ4n) is 7.69. The molecule has 1 saturated carbocycles. The highest BCUT2D eigenvalue weighted by atomic mass is 16.5. The minimum absolute atomic E-state index is 0.0542. The maximum Gasteiger partial charge on any atom is 0.255 e. The molecule has 0 spiro atoms. The van der Waals surface area contributed by atoms with Gasteiger partial charge in [-0.15, -0.1) is 0 Å². The van der Waals surface area contributed by atoms with Crippen LogP contribution in [0.15, 0.2) is 67.1 Å². The van der Waals surface area contributed by atoms with E-state index >= 15 is 0 Å². The van der Waals surface area contributed by atoms with E-state index in [4.69, 9.17) is 10.5 Å². The summed E-state index contributed by atoms with van der Waals surface area (Å²) in [6, 6.07) is 18.1. The van der Waals surface area contributed by atoms with Crippen LogP contribution in [0.1, 0.15) is 72.6 Å². The van der Waals surface area contributed by atoms with E-state index in [0.29, 0.717) is 18.2 Å². The number of anilines is 1. The molecule has 7 rings (SSSR count). The molecule has 1 aliphatic heterocycles. The number of nitrogens with one attached hydrogen (secondary N) is 1. The van der Waals surface area contributed by atoms with Crippen molar-refractivity contribution in [1.29, 1.82) is 0 Å². The second-order valence-corrected chi connectivity index (χ2v) is 14.4. The molecule has 2 aromatic heterocycles. The number of likely N-dealkylation sites (N-methyl/N-ethyl adjacent to an activating group) is 1. The van der Waals surface area contributed by atoms with Crippen molar-refractivity contribution in [3.8, 4) is 22.3 Å². The Morgan fingerprint density at radius 3 is 2.47 bits per heavy atom. The average molecular weight is 634 g/mol. The number of piperazine rings is 1. The molecule has 2 fully saturated rings. The molecule has 1 saturated heterocycles. The van der Waals surface area contributed by atoms with E-state index in [0.717, 1.165) is 62.1 Å². The number of aromatic nitrogens is 3. The second-order valence-electron chi connectivity index (χ2n) is 14.4. The molecule has 2 aliphatic carbocycles. The lowest BCUT2D eigenvalue weighted by atomic mass is 9.85. The summed E-state index contributed by atoms with van der Waals surface area (Å²) in [7, 11) is 4.08. The lowest BCUT2D eigenvalue weighted by Crippen LogP contribution is -2.45. The minimum Gasteiger partial charge on any atom is -0.383 e. The molecule has 246 valence electrons. The number of nitrogens with two attached hydrogens (primary N) is 1. The van der Waals surface area contributed by atoms with Gasteiger partial charge in [0.05, 0.1) is 30.5 Å². The summed E-state index contributed by atoms with van der Waals surface area (Å²) in [6.07, 6.45) is 9.21. The molecule has 0 unspecified atom stereocenters. The van der Waals surface area contributed by atoms with Gasteiger partial charge in [0.15, 0.2) is 0 Å². The van der Waals surface area contributed by atoms with Crippen molar-refractivity contribution in [3.63, 3.8) is 0 Å². The molecule has 3 N–H and O–H groups in total. The molecule has 2 aromatic carbocycles. The average Bonchev–Trinajstić information content (AvgIpc) is 3.78. The SMILES string of the molecule is CN1CCN([C@@H]2CC(C)(C)c3cc(-c4ccc(CO[C@H]5CCC[C@@H]5NC(=O)c5cc(-c6cnn(C)c6)cnc5N)cc4)ccc32)CC1. The van der Waals surface area contributed by atoms with Crippen LogP contribution in [0.25, 0.3) is 22.3 Å². The fourth-order valence-corrected chi connectivity index (χ4v) is 7.69. The van der Waals surface area contributed by atoms with Crippen molar-refractivity contribution >= 4 is 11.7 Å². The highest BCUT2D eigenvalue weighted by molar-refractivity contribution is 5.99. The third-order valence-electron chi connectivity index (χ3n) is 10.5. The normalized spacial score (nSPS) is 22.8. The first-order valence-corrected chi connectivity index (χ1v) is 17.0. The van der Waals surface area contributed by atoms with E-state index in [1.54, 1.807) is 23.1 Å². The van der Waals surface area contributed by atoms with Crippen molar-refractivity contribution in [2.24, 2.45) is 7.05 Å². The molecular formula is C38H47N7O2. The Balaban J connectivity index is 0.980. The van der Waals surface area contributed by atoms with Crippen LogP contribution in [0.3, 0.4) is 0 Å². The van der Waals surface area contributed by atoms with E-state index in [1.807, 2.05) is 13.2 Å². The van der Waals surface area contributed by atoms with E-state index in [-0.39, 0.29) is 29.3 Å². The number of carbonyl (C=O) groups excluding carboxylic acids is 1. The predicted octanol–water partition coefficient (Wildman–Crippen LogP) is 5.57. The van der Waals surface area contributed by atoms with Crippen LogP contribution in [-0.2, 0) is 23.8 Å². The van der Waals surface area contributed by atoms with Gasteiger partial charge in [-0.3, -0.25) is 14.4 Å². The first kappa shape index (κ1) is 31.5. The van der Waals surface area contributed by atoms with Gasteiger partial charge in [-0.25, -0.2) is 4.98 Å². The van der Waals surface area contributed by atoms with E-state index in [1.165, 1.54) is 28.7 Å². The topological polar surface area (TPSA) is 102 Å². The molecule has 1 amide bonds. The van der Waals surface area contributed by atoms with Crippen molar-refractivity contribution < 1.29 is 9.53 Å². The van der Waals surface area contributed by atoms with Gasteiger partial charge < -0.3 is 20.7 Å². The summed E-state index contributed by atoms with van der Waals surface area (Å²) in [5, 5.41) is 7.40. The summed E-state index contributed by atoms with van der Waals surface area (Å²) in [4.78, 5) is 22.7. The first-order chi connectivity index (χ1) is 22.6. The molecular weight excluding hydrogens is 586 g/mol. The molecule has 9 nitrogen and oxygen atoms in total. The van der Waals surface area contributed by atoms with Gasteiger partial charge in [-0.1, -0.05) is 56.3 Å². The van der Waals surface area contributed by atoms with Crippen molar-refractivity contribution in [2.75, 3.05) is 39.0 Å². The first-order valence-electron chi connectivity index (χ1n) is 17.0. The molecule has 47 heavy (non-hydrogen) atoms. The van der Waals surface area contributed by atoms with Gasteiger partial charge in [0.1, 0.15) is 5.82 Å². The Hall–Kier alpha value is -4.05. The van der Waals surface area contributed by atoms with Gasteiger partial charge in [0, 0.05) is 62.8 Å². The molecule has 0 radical (unpaired) electrons. The number of fused-ring (bicyclic) bond motifs is 1. The van der Waals surface area contributed by atoms with Crippen LogP contribution >= 0.6 is 0 Å². The number of amides is 1. The zero-order valence-corrected chi connectivity index (χ0v) is 28.1. The largest absolute Gasteiger partial charge is 0.383 e. The van der Waals surface area contributed by atoms with Gasteiger partial charge in [0.25, 0.3) is 5.91 Å². The lowest BCUT2D eigenvalue weighted by Gasteiger charge is -2.37. The van der Waals surface area contributed by atoms with Crippen LogP contribution < -0.4 is 11.1 Å². The molecule has 3 atom stereocenters. The van der Waals surface area contributed by atoms with Crippen molar-refractivity contribution in [1.82, 2.24) is 29.9 Å². The van der Waals surface area contributed by atoms with Gasteiger partial charge in [0.2, 0.25) is 0 Å². The number of carbonyl (C=O) groups is 1. The third kappa shape index (κ3) is 6.57. The maximum atomic E-state index is 13.3. The quantitative estimate of drug-likeness (QED) is 0.262. The molecule has 4 aromatic rings. The van der Waals surface area contributed by atoms with E-state index in [9.17, 15) is 4.79 Å². The zero-order valence-electron chi connectivity index (χ0n) is 28.1. The summed E-state index contributed by atoms with van der Waals surface area (Å²) in [5.41, 5.74) is 15.0. The number of ether oxygens (including phenoxy) is 1. The fraction of sp³-hybridized carbons (Fsp3) is 0.447. The second kappa shape index (κ2) is 12.9. The Labute approximate surface area is 278 Å². The highest BCUT2D eigenvalue weighted by Gasteiger charge is 2.40. The summed E-state index contributed by atoms with van der Waals surface area (Å²) < 4.78 is 8.11. The smallest absolute Gasteiger partial charge is 0.255 e. The van der Waals surface area contributed by atoms with Crippen LogP contribution in [-0.4, -0.2) is 75.8 Å². The molecule has 0 bridgehead atoms. The molecule has 3 aliphatic rings. The van der Waals surface area contributed by atoms with Crippen LogP contribution in [0, 0.1) is 0 Å². The number of hydrogen-bond donors (Lipinski definition) is 2. The number of rotatable bonds is 8. The Morgan fingerprint density at radius 2 is 1.72 bits per heavy atom. The van der Waals surface area contributed by atoms with E-state index in [2.05, 4.69) is 88.6 Å². The number of nitrogen functional groups attached to an aromatic ring is 1. The lowest BCUT2D eigenvalue weighted by molar-refractivity contribution is 0.0272. The van der Waals surface area contributed by atoms with Crippen LogP contribution in [0.5, 0.6) is 0 Å². The summed E-state index contributed by atoms with van der Waals surface area (Å²) in [5.74, 6) is -0.00884. The zero-order chi connectivity index (χ0) is 32.7. The monoisotopic (exact) mass is 633 g/mol. The third-order valence-corrected chi connectivity index (χ3v) is 10.5. The Kier molecular flexibility index (Phi) is 8.63.